The van der Waals surface area contributed by atoms with Gasteiger partial charge in [0.05, 0.1) is 12.0 Å². The van der Waals surface area contributed by atoms with Gasteiger partial charge in [0.2, 0.25) is 0 Å². The van der Waals surface area contributed by atoms with E-state index in [9.17, 15) is 0 Å². The molecular weight excluding hydrogens is 246 g/mol. The molecule has 1 heterocycles. The third-order valence-corrected chi connectivity index (χ3v) is 5.95. The lowest BCUT2D eigenvalue weighted by Gasteiger charge is -2.57. The van der Waals surface area contributed by atoms with Crippen LogP contribution in [0.1, 0.15) is 57.6 Å². The highest BCUT2D eigenvalue weighted by atomic mass is 15.1. The number of aromatic nitrogens is 2. The molecule has 4 bridgehead atoms. The van der Waals surface area contributed by atoms with Gasteiger partial charge in [0.1, 0.15) is 0 Å². The Hall–Kier alpha value is -0.830. The minimum atomic E-state index is 0.468. The van der Waals surface area contributed by atoms with Crippen molar-refractivity contribution in [2.45, 2.75) is 70.5 Å². The number of hydrogen-bond donors (Lipinski definition) is 1. The Labute approximate surface area is 122 Å². The maximum Gasteiger partial charge on any atom is 0.0948 e. The summed E-state index contributed by atoms with van der Waals surface area (Å²) in [6.45, 7) is 4.33. The normalized spacial score (nSPS) is 38.5. The van der Waals surface area contributed by atoms with Crippen LogP contribution < -0.4 is 5.32 Å². The van der Waals surface area contributed by atoms with Crippen molar-refractivity contribution in [2.75, 3.05) is 0 Å². The van der Waals surface area contributed by atoms with E-state index in [-0.39, 0.29) is 0 Å². The molecule has 4 fully saturated rings. The van der Waals surface area contributed by atoms with Gasteiger partial charge in [-0.3, -0.25) is 0 Å². The van der Waals surface area contributed by atoms with Crippen LogP contribution in [-0.2, 0) is 13.1 Å². The van der Waals surface area contributed by atoms with Gasteiger partial charge in [-0.05, 0) is 62.7 Å². The topological polar surface area (TPSA) is 29.9 Å². The van der Waals surface area contributed by atoms with Crippen molar-refractivity contribution in [3.8, 4) is 0 Å². The SMILES string of the molecule is CCCn1cncc1CNC12CC3CC(CC(C3)C1)C2. The zero-order chi connectivity index (χ0) is 13.6. The molecule has 4 saturated carbocycles. The highest BCUT2D eigenvalue weighted by Gasteiger charge is 2.50. The molecule has 1 aromatic rings. The summed E-state index contributed by atoms with van der Waals surface area (Å²) < 4.78 is 2.31. The Morgan fingerprint density at radius 2 is 1.85 bits per heavy atom. The fourth-order valence-corrected chi connectivity index (χ4v) is 5.54. The summed E-state index contributed by atoms with van der Waals surface area (Å²) in [5.74, 6) is 3.07. The molecule has 0 spiro atoms. The van der Waals surface area contributed by atoms with E-state index in [1.807, 2.05) is 12.5 Å². The second-order valence-corrected chi connectivity index (χ2v) is 7.63. The van der Waals surface area contributed by atoms with E-state index in [0.29, 0.717) is 5.54 Å². The maximum atomic E-state index is 4.33. The quantitative estimate of drug-likeness (QED) is 0.891. The van der Waals surface area contributed by atoms with Gasteiger partial charge in [-0.15, -0.1) is 0 Å². The van der Waals surface area contributed by atoms with E-state index >= 15 is 0 Å². The first-order valence-corrected chi connectivity index (χ1v) is 8.50. The second kappa shape index (κ2) is 4.87. The van der Waals surface area contributed by atoms with Gasteiger partial charge in [0.25, 0.3) is 0 Å². The molecule has 3 nitrogen and oxygen atoms in total. The molecule has 4 aliphatic rings. The Morgan fingerprint density at radius 3 is 2.45 bits per heavy atom. The number of nitrogens with one attached hydrogen (secondary N) is 1. The smallest absolute Gasteiger partial charge is 0.0948 e. The van der Waals surface area contributed by atoms with E-state index in [4.69, 9.17) is 0 Å². The van der Waals surface area contributed by atoms with Crippen molar-refractivity contribution >= 4 is 0 Å². The molecule has 5 rings (SSSR count). The molecule has 0 aliphatic heterocycles. The molecule has 0 saturated heterocycles. The molecule has 0 atom stereocenters. The fraction of sp³-hybridized carbons (Fsp3) is 0.824. The van der Waals surface area contributed by atoms with Crippen LogP contribution in [-0.4, -0.2) is 15.1 Å². The standard InChI is InChI=1S/C17H27N3/c1-2-3-20-12-18-10-16(20)11-19-17-7-13-4-14(8-17)6-15(5-13)9-17/h10,12-15,19H,2-9,11H2,1H3. The fourth-order valence-electron chi connectivity index (χ4n) is 5.54. The lowest BCUT2D eigenvalue weighted by molar-refractivity contribution is -0.0208. The van der Waals surface area contributed by atoms with Gasteiger partial charge in [-0.2, -0.15) is 0 Å². The number of hydrogen-bond acceptors (Lipinski definition) is 2. The van der Waals surface area contributed by atoms with Gasteiger partial charge >= 0.3 is 0 Å². The zero-order valence-corrected chi connectivity index (χ0v) is 12.6. The van der Waals surface area contributed by atoms with Crippen molar-refractivity contribution in [3.63, 3.8) is 0 Å². The molecular formula is C17H27N3. The summed E-state index contributed by atoms with van der Waals surface area (Å²) >= 11 is 0. The van der Waals surface area contributed by atoms with Crippen molar-refractivity contribution in [1.82, 2.24) is 14.9 Å². The molecule has 0 amide bonds. The number of nitrogens with zero attached hydrogens (tertiary/aromatic N) is 2. The Balaban J connectivity index is 1.45. The monoisotopic (exact) mass is 273 g/mol. The third kappa shape index (κ3) is 2.20. The van der Waals surface area contributed by atoms with Crippen LogP contribution in [0.3, 0.4) is 0 Å². The van der Waals surface area contributed by atoms with Gasteiger partial charge in [-0.25, -0.2) is 4.98 Å². The molecule has 0 radical (unpaired) electrons. The van der Waals surface area contributed by atoms with E-state index < -0.39 is 0 Å². The van der Waals surface area contributed by atoms with E-state index in [0.717, 1.165) is 30.8 Å². The van der Waals surface area contributed by atoms with Crippen LogP contribution in [0, 0.1) is 17.8 Å². The number of aryl methyl sites for hydroxylation is 1. The first kappa shape index (κ1) is 12.9. The highest BCUT2D eigenvalue weighted by molar-refractivity contribution is 5.08. The summed E-state index contributed by atoms with van der Waals surface area (Å²) in [5.41, 5.74) is 1.83. The van der Waals surface area contributed by atoms with Gasteiger partial charge in [-0.1, -0.05) is 6.92 Å². The summed E-state index contributed by atoms with van der Waals surface area (Å²) in [5, 5.41) is 3.97. The first-order valence-electron chi connectivity index (χ1n) is 8.50. The Morgan fingerprint density at radius 1 is 1.20 bits per heavy atom. The van der Waals surface area contributed by atoms with Crippen LogP contribution in [0.25, 0.3) is 0 Å². The molecule has 0 unspecified atom stereocenters. The summed E-state index contributed by atoms with van der Waals surface area (Å²) in [6, 6.07) is 0. The number of imidazole rings is 1. The molecule has 20 heavy (non-hydrogen) atoms. The highest BCUT2D eigenvalue weighted by Crippen LogP contribution is 2.55. The number of rotatable bonds is 5. The molecule has 1 N–H and O–H groups in total. The molecule has 110 valence electrons. The van der Waals surface area contributed by atoms with Crippen molar-refractivity contribution < 1.29 is 0 Å². The molecule has 3 heteroatoms. The Kier molecular flexibility index (Phi) is 3.13. The van der Waals surface area contributed by atoms with Crippen LogP contribution in [0.5, 0.6) is 0 Å². The minimum Gasteiger partial charge on any atom is -0.333 e. The van der Waals surface area contributed by atoms with Crippen LogP contribution >= 0.6 is 0 Å². The predicted octanol–water partition coefficient (Wildman–Crippen LogP) is 3.35. The largest absolute Gasteiger partial charge is 0.333 e. The van der Waals surface area contributed by atoms with Gasteiger partial charge < -0.3 is 9.88 Å². The van der Waals surface area contributed by atoms with Crippen LogP contribution in [0.2, 0.25) is 0 Å². The average Bonchev–Trinajstić information content (AvgIpc) is 2.83. The van der Waals surface area contributed by atoms with E-state index in [1.54, 1.807) is 0 Å². The summed E-state index contributed by atoms with van der Waals surface area (Å²) in [6.07, 6.45) is 14.1. The zero-order valence-electron chi connectivity index (χ0n) is 12.6. The van der Waals surface area contributed by atoms with Crippen LogP contribution in [0.4, 0.5) is 0 Å². The van der Waals surface area contributed by atoms with Crippen LogP contribution in [0.15, 0.2) is 12.5 Å². The van der Waals surface area contributed by atoms with E-state index in [1.165, 1.54) is 50.6 Å². The lowest BCUT2D eigenvalue weighted by atomic mass is 9.53. The third-order valence-electron chi connectivity index (χ3n) is 5.95. The average molecular weight is 273 g/mol. The van der Waals surface area contributed by atoms with Crippen molar-refractivity contribution in [2.24, 2.45) is 17.8 Å². The first-order chi connectivity index (χ1) is 9.76. The minimum absolute atomic E-state index is 0.468. The predicted molar refractivity (Wildman–Crippen MR) is 80.3 cm³/mol. The summed E-state index contributed by atoms with van der Waals surface area (Å²) in [7, 11) is 0. The Bertz CT molecular complexity index is 441. The second-order valence-electron chi connectivity index (χ2n) is 7.63. The lowest BCUT2D eigenvalue weighted by Crippen LogP contribution is -2.58. The maximum absolute atomic E-state index is 4.33. The summed E-state index contributed by atoms with van der Waals surface area (Å²) in [4.78, 5) is 4.33. The van der Waals surface area contributed by atoms with Gasteiger partial charge in [0.15, 0.2) is 0 Å². The molecule has 0 aromatic carbocycles. The molecule has 1 aromatic heterocycles. The van der Waals surface area contributed by atoms with Crippen molar-refractivity contribution in [1.29, 1.82) is 0 Å². The van der Waals surface area contributed by atoms with Crippen molar-refractivity contribution in [3.05, 3.63) is 18.2 Å². The van der Waals surface area contributed by atoms with Gasteiger partial charge in [0, 0.05) is 24.8 Å². The molecule has 4 aliphatic carbocycles. The van der Waals surface area contributed by atoms with E-state index in [2.05, 4.69) is 21.8 Å².